The Kier molecular flexibility index (Phi) is 4.97. The van der Waals surface area contributed by atoms with Gasteiger partial charge in [-0.1, -0.05) is 27.7 Å². The second-order valence-corrected chi connectivity index (χ2v) is 5.11. The minimum atomic E-state index is 0.0480. The van der Waals surface area contributed by atoms with Crippen LogP contribution in [0.15, 0.2) is 0 Å². The molecule has 4 heteroatoms. The summed E-state index contributed by atoms with van der Waals surface area (Å²) >= 11 is 0. The monoisotopic (exact) mass is 240 g/mol. The fourth-order valence-corrected chi connectivity index (χ4v) is 2.00. The second-order valence-electron chi connectivity index (χ2n) is 5.11. The van der Waals surface area contributed by atoms with E-state index in [4.69, 9.17) is 0 Å². The summed E-state index contributed by atoms with van der Waals surface area (Å²) in [6.07, 6.45) is 0.879. The summed E-state index contributed by atoms with van der Waals surface area (Å²) in [4.78, 5) is 27.5. The lowest BCUT2D eigenvalue weighted by molar-refractivity contribution is -0.143. The number of hydrogen-bond acceptors (Lipinski definition) is 2. The molecule has 1 rings (SSSR count). The summed E-state index contributed by atoms with van der Waals surface area (Å²) in [5, 5.41) is 0. The molecule has 0 N–H and O–H groups in total. The average molecular weight is 240 g/mol. The number of piperazine rings is 1. The van der Waals surface area contributed by atoms with Crippen LogP contribution in [0.25, 0.3) is 0 Å². The maximum Gasteiger partial charge on any atom is 0.225 e. The minimum absolute atomic E-state index is 0.0480. The zero-order chi connectivity index (χ0) is 13.0. The van der Waals surface area contributed by atoms with E-state index in [0.29, 0.717) is 26.2 Å². The van der Waals surface area contributed by atoms with Crippen molar-refractivity contribution in [1.29, 1.82) is 0 Å². The Balaban J connectivity index is 2.46. The molecule has 2 amide bonds. The highest BCUT2D eigenvalue weighted by Crippen LogP contribution is 2.11. The van der Waals surface area contributed by atoms with Gasteiger partial charge in [0.2, 0.25) is 11.8 Å². The Hall–Kier alpha value is -1.06. The fourth-order valence-electron chi connectivity index (χ4n) is 2.00. The van der Waals surface area contributed by atoms with Crippen LogP contribution in [0, 0.1) is 11.8 Å². The van der Waals surface area contributed by atoms with Gasteiger partial charge in [-0.05, 0) is 6.42 Å². The van der Waals surface area contributed by atoms with E-state index >= 15 is 0 Å². The maximum atomic E-state index is 12.0. The standard InChI is InChI=1S/C13H24N2O2/c1-5-11(4)13(17)15-8-6-14(7-9-15)12(16)10(2)3/h10-11H,5-9H2,1-4H3. The predicted octanol–water partition coefficient (Wildman–Crippen LogP) is 1.36. The first-order chi connectivity index (χ1) is 7.97. The van der Waals surface area contributed by atoms with E-state index in [1.165, 1.54) is 0 Å². The number of hydrogen-bond donors (Lipinski definition) is 0. The normalized spacial score (nSPS) is 18.4. The highest BCUT2D eigenvalue weighted by molar-refractivity contribution is 5.80. The van der Waals surface area contributed by atoms with Crippen LogP contribution in [0.5, 0.6) is 0 Å². The maximum absolute atomic E-state index is 12.0. The Morgan fingerprint density at radius 3 is 1.71 bits per heavy atom. The molecule has 0 radical (unpaired) electrons. The Morgan fingerprint density at radius 1 is 0.941 bits per heavy atom. The van der Waals surface area contributed by atoms with Crippen molar-refractivity contribution in [2.75, 3.05) is 26.2 Å². The molecule has 1 atom stereocenters. The largest absolute Gasteiger partial charge is 0.339 e. The van der Waals surface area contributed by atoms with Crippen LogP contribution in [-0.4, -0.2) is 47.8 Å². The summed E-state index contributed by atoms with van der Waals surface area (Å²) < 4.78 is 0. The van der Waals surface area contributed by atoms with Gasteiger partial charge in [-0.25, -0.2) is 0 Å². The molecule has 17 heavy (non-hydrogen) atoms. The first kappa shape index (κ1) is 14.0. The molecule has 0 aromatic heterocycles. The van der Waals surface area contributed by atoms with Gasteiger partial charge in [0.25, 0.3) is 0 Å². The van der Waals surface area contributed by atoms with Crippen molar-refractivity contribution in [2.45, 2.75) is 34.1 Å². The van der Waals surface area contributed by atoms with Crippen LogP contribution >= 0.6 is 0 Å². The van der Waals surface area contributed by atoms with Gasteiger partial charge >= 0.3 is 0 Å². The van der Waals surface area contributed by atoms with Crippen LogP contribution in [0.1, 0.15) is 34.1 Å². The van der Waals surface area contributed by atoms with Crippen molar-refractivity contribution >= 4 is 11.8 Å². The lowest BCUT2D eigenvalue weighted by Crippen LogP contribution is -2.52. The first-order valence-corrected chi connectivity index (χ1v) is 6.55. The topological polar surface area (TPSA) is 40.6 Å². The Labute approximate surface area is 104 Å². The van der Waals surface area contributed by atoms with E-state index in [1.54, 1.807) is 0 Å². The molecule has 0 aromatic rings. The molecular weight excluding hydrogens is 216 g/mol. The molecule has 1 aliphatic heterocycles. The number of carbonyl (C=O) groups excluding carboxylic acids is 2. The van der Waals surface area contributed by atoms with Gasteiger partial charge in [0.05, 0.1) is 0 Å². The molecule has 1 aliphatic rings. The van der Waals surface area contributed by atoms with Crippen LogP contribution in [0.3, 0.4) is 0 Å². The van der Waals surface area contributed by atoms with E-state index in [1.807, 2.05) is 37.5 Å². The highest BCUT2D eigenvalue weighted by Gasteiger charge is 2.26. The predicted molar refractivity (Wildman–Crippen MR) is 67.5 cm³/mol. The summed E-state index contributed by atoms with van der Waals surface area (Å²) in [5.74, 6) is 0.568. The van der Waals surface area contributed by atoms with Gasteiger partial charge in [-0.3, -0.25) is 9.59 Å². The number of amides is 2. The third-order valence-corrected chi connectivity index (χ3v) is 3.43. The average Bonchev–Trinajstić information content (AvgIpc) is 2.36. The lowest BCUT2D eigenvalue weighted by Gasteiger charge is -2.36. The van der Waals surface area contributed by atoms with E-state index in [-0.39, 0.29) is 23.7 Å². The third kappa shape index (κ3) is 3.45. The van der Waals surface area contributed by atoms with Gasteiger partial charge in [0, 0.05) is 38.0 Å². The summed E-state index contributed by atoms with van der Waals surface area (Å²) in [5.41, 5.74) is 0. The van der Waals surface area contributed by atoms with Gasteiger partial charge in [0.15, 0.2) is 0 Å². The van der Waals surface area contributed by atoms with Crippen molar-refractivity contribution in [1.82, 2.24) is 9.80 Å². The molecule has 0 spiro atoms. The van der Waals surface area contributed by atoms with Gasteiger partial charge in [0.1, 0.15) is 0 Å². The van der Waals surface area contributed by atoms with E-state index < -0.39 is 0 Å². The second kappa shape index (κ2) is 6.03. The molecule has 0 saturated carbocycles. The Morgan fingerprint density at radius 2 is 1.35 bits per heavy atom. The minimum Gasteiger partial charge on any atom is -0.339 e. The van der Waals surface area contributed by atoms with E-state index in [0.717, 1.165) is 6.42 Å². The van der Waals surface area contributed by atoms with Crippen molar-refractivity contribution in [3.63, 3.8) is 0 Å². The molecule has 1 heterocycles. The molecule has 1 fully saturated rings. The van der Waals surface area contributed by atoms with Crippen LogP contribution in [0.2, 0.25) is 0 Å². The summed E-state index contributed by atoms with van der Waals surface area (Å²) in [7, 11) is 0. The molecule has 4 nitrogen and oxygen atoms in total. The molecular formula is C13H24N2O2. The van der Waals surface area contributed by atoms with Gasteiger partial charge < -0.3 is 9.80 Å². The quantitative estimate of drug-likeness (QED) is 0.747. The van der Waals surface area contributed by atoms with Crippen molar-refractivity contribution in [3.05, 3.63) is 0 Å². The number of rotatable bonds is 3. The van der Waals surface area contributed by atoms with E-state index in [2.05, 4.69) is 0 Å². The van der Waals surface area contributed by atoms with Crippen molar-refractivity contribution in [2.24, 2.45) is 11.8 Å². The van der Waals surface area contributed by atoms with E-state index in [9.17, 15) is 9.59 Å². The zero-order valence-corrected chi connectivity index (χ0v) is 11.4. The highest BCUT2D eigenvalue weighted by atomic mass is 16.2. The lowest BCUT2D eigenvalue weighted by atomic mass is 10.1. The van der Waals surface area contributed by atoms with Crippen molar-refractivity contribution in [3.8, 4) is 0 Å². The molecule has 0 bridgehead atoms. The molecule has 1 saturated heterocycles. The smallest absolute Gasteiger partial charge is 0.225 e. The molecule has 0 aliphatic carbocycles. The number of carbonyl (C=O) groups is 2. The van der Waals surface area contributed by atoms with Crippen LogP contribution in [-0.2, 0) is 9.59 Å². The molecule has 1 unspecified atom stereocenters. The Bertz CT molecular complexity index is 281. The van der Waals surface area contributed by atoms with Crippen LogP contribution < -0.4 is 0 Å². The SMILES string of the molecule is CCC(C)C(=O)N1CCN(C(=O)C(C)C)CC1. The summed E-state index contributed by atoms with van der Waals surface area (Å²) in [6.45, 7) is 10.6. The molecule has 0 aromatic carbocycles. The van der Waals surface area contributed by atoms with Gasteiger partial charge in [-0.15, -0.1) is 0 Å². The van der Waals surface area contributed by atoms with Crippen LogP contribution in [0.4, 0.5) is 0 Å². The fraction of sp³-hybridized carbons (Fsp3) is 0.846. The van der Waals surface area contributed by atoms with Gasteiger partial charge in [-0.2, -0.15) is 0 Å². The molecule has 98 valence electrons. The van der Waals surface area contributed by atoms with Crippen molar-refractivity contribution < 1.29 is 9.59 Å². The zero-order valence-electron chi connectivity index (χ0n) is 11.4. The first-order valence-electron chi connectivity index (χ1n) is 6.55. The number of nitrogens with zero attached hydrogens (tertiary/aromatic N) is 2. The third-order valence-electron chi connectivity index (χ3n) is 3.43. The summed E-state index contributed by atoms with van der Waals surface area (Å²) in [6, 6.07) is 0.